The number of carboxylic acid groups (broad SMARTS) is 1. The van der Waals surface area contributed by atoms with Gasteiger partial charge in [-0.15, -0.1) is 5.10 Å². The van der Waals surface area contributed by atoms with Crippen molar-refractivity contribution in [3.05, 3.63) is 35.4 Å². The van der Waals surface area contributed by atoms with E-state index in [4.69, 9.17) is 0 Å². The number of benzene rings is 1. The number of carboxylic acids is 1. The Balaban J connectivity index is 0. The summed E-state index contributed by atoms with van der Waals surface area (Å²) in [6.07, 6.45) is 12.9. The van der Waals surface area contributed by atoms with Gasteiger partial charge in [0.15, 0.2) is 0 Å². The highest BCUT2D eigenvalue weighted by molar-refractivity contribution is 8.00. The van der Waals surface area contributed by atoms with Crippen LogP contribution in [-0.2, 0) is 27.2 Å². The normalized spacial score (nSPS) is 11.6. The van der Waals surface area contributed by atoms with Gasteiger partial charge < -0.3 is 32.2 Å². The van der Waals surface area contributed by atoms with Crippen LogP contribution in [-0.4, -0.2) is 44.6 Å². The standard InChI is InChI=1S/C22H34N4O5S2.2H3N.H2O/c1-2-3-4-5-6-7-8-9-10-11-14-18-15-12-13-16-19(18)20(21(27)28)32-22-23-24-25-26(22)17-33(29,30)31;;;/h12-13,15-16,20H,2-11,14,17H2,1H3,(H,27,28)(H,29,30,31);2*1H3;1H2. The quantitative estimate of drug-likeness (QED) is 0.166. The fourth-order valence-electron chi connectivity index (χ4n) is 3.68. The molecule has 0 spiro atoms. The zero-order chi connectivity index (χ0) is 24.1. The Morgan fingerprint density at radius 3 is 2.11 bits per heavy atom. The fourth-order valence-corrected chi connectivity index (χ4v) is 5.20. The van der Waals surface area contributed by atoms with Crippen LogP contribution in [0.1, 0.15) is 87.5 Å². The van der Waals surface area contributed by atoms with Crippen LogP contribution >= 0.6 is 11.8 Å². The van der Waals surface area contributed by atoms with E-state index in [1.54, 1.807) is 12.1 Å². The van der Waals surface area contributed by atoms with Crippen LogP contribution in [0.15, 0.2) is 29.4 Å². The number of unbranched alkanes of at least 4 members (excludes halogenated alkanes) is 9. The number of aryl methyl sites for hydroxylation is 1. The smallest absolute Gasteiger partial charge is 0.211 e. The van der Waals surface area contributed by atoms with Gasteiger partial charge in [-0.2, -0.15) is 0 Å². The number of hydrogen-bond acceptors (Lipinski definition) is 9. The van der Waals surface area contributed by atoms with Crippen molar-refractivity contribution >= 4 is 27.8 Å². The zero-order valence-electron chi connectivity index (χ0n) is 21.5. The van der Waals surface area contributed by atoms with Crippen molar-refractivity contribution in [1.29, 1.82) is 0 Å². The molecule has 1 heterocycles. The van der Waals surface area contributed by atoms with E-state index in [-0.39, 0.29) is 22.9 Å². The molecule has 1 unspecified atom stereocenters. The lowest BCUT2D eigenvalue weighted by Crippen LogP contribution is -2.29. The first-order valence-corrected chi connectivity index (χ1v) is 13.9. The number of carbonyl (C=O) groups is 1. The number of thioether (sulfide) groups is 1. The number of quaternary nitrogens is 2. The summed E-state index contributed by atoms with van der Waals surface area (Å²) in [5.41, 5.74) is 1.46. The molecule has 2 aromatic rings. The maximum Gasteiger partial charge on any atom is 0.211 e. The molecule has 0 radical (unpaired) electrons. The Hall–Kier alpha value is -2.10. The fraction of sp³-hybridized carbons (Fsp3) is 0.636. The van der Waals surface area contributed by atoms with Gasteiger partial charge >= 0.3 is 0 Å². The third kappa shape index (κ3) is 13.3. The van der Waals surface area contributed by atoms with Gasteiger partial charge in [-0.3, -0.25) is 0 Å². The van der Waals surface area contributed by atoms with Gasteiger partial charge in [0, 0.05) is 0 Å². The van der Waals surface area contributed by atoms with E-state index in [9.17, 15) is 22.9 Å². The lowest BCUT2D eigenvalue weighted by molar-refractivity contribution is -0.305. The molecule has 1 aromatic carbocycles. The van der Waals surface area contributed by atoms with Gasteiger partial charge in [-0.25, -0.2) is 13.1 Å². The molecule has 0 aliphatic carbocycles. The number of carbonyl (C=O) groups excluding carboxylic acids is 1. The lowest BCUT2D eigenvalue weighted by atomic mass is 9.98. The second-order valence-corrected chi connectivity index (χ2v) is 10.5. The highest BCUT2D eigenvalue weighted by Gasteiger charge is 2.22. The molecule has 14 heteroatoms. The zero-order valence-corrected chi connectivity index (χ0v) is 23.2. The van der Waals surface area contributed by atoms with Crippen molar-refractivity contribution in [2.24, 2.45) is 0 Å². The van der Waals surface area contributed by atoms with Gasteiger partial charge in [0.2, 0.25) is 5.16 Å². The predicted octanol–water partition coefficient (Wildman–Crippen LogP) is 3.15. The van der Waals surface area contributed by atoms with Gasteiger partial charge in [0.1, 0.15) is 16.0 Å². The highest BCUT2D eigenvalue weighted by Crippen LogP contribution is 2.35. The Kier molecular flexibility index (Phi) is 19.1. The molecule has 208 valence electrons. The third-order valence-electron chi connectivity index (χ3n) is 5.35. The molecule has 0 saturated heterocycles. The largest absolute Gasteiger partial charge is 0.747 e. The first-order chi connectivity index (χ1) is 15.8. The lowest BCUT2D eigenvalue weighted by Gasteiger charge is -2.21. The van der Waals surface area contributed by atoms with Crippen molar-refractivity contribution in [2.45, 2.75) is 93.8 Å². The van der Waals surface area contributed by atoms with Gasteiger partial charge in [-0.05, 0) is 34.4 Å². The van der Waals surface area contributed by atoms with Crippen LogP contribution in [0, 0.1) is 0 Å². The van der Waals surface area contributed by atoms with E-state index in [0.717, 1.165) is 47.7 Å². The summed E-state index contributed by atoms with van der Waals surface area (Å²) < 4.78 is 34.0. The first kappa shape index (κ1) is 36.1. The molecular weight excluding hydrogens is 508 g/mol. The molecule has 10 N–H and O–H groups in total. The topological polar surface area (TPSA) is 245 Å². The minimum atomic E-state index is -4.63. The SMILES string of the molecule is CCCCCCCCCCCCc1ccccc1C(Sc1nnnn1CS(=O)(=O)[O-])C(=O)[O-].O.[NH4+].[NH4+]. The molecule has 0 bridgehead atoms. The van der Waals surface area contributed by atoms with Crippen molar-refractivity contribution < 1.29 is 28.3 Å². The Bertz CT molecular complexity index is 973. The van der Waals surface area contributed by atoms with E-state index in [1.807, 2.05) is 12.1 Å². The van der Waals surface area contributed by atoms with E-state index in [2.05, 4.69) is 22.4 Å². The molecule has 0 aliphatic rings. The first-order valence-electron chi connectivity index (χ1n) is 11.5. The van der Waals surface area contributed by atoms with E-state index in [0.29, 0.717) is 5.56 Å². The minimum absolute atomic E-state index is 0. The Morgan fingerprint density at radius 1 is 1.00 bits per heavy atom. The molecule has 1 atom stereocenters. The summed E-state index contributed by atoms with van der Waals surface area (Å²) in [6, 6.07) is 7.22. The van der Waals surface area contributed by atoms with Gasteiger partial charge in [-0.1, -0.05) is 101 Å². The number of nitrogens with zero attached hydrogens (tertiary/aromatic N) is 4. The molecule has 0 amide bonds. The summed E-state index contributed by atoms with van der Waals surface area (Å²) >= 11 is 0.758. The number of aromatic nitrogens is 4. The second-order valence-electron chi connectivity index (χ2n) is 8.10. The van der Waals surface area contributed by atoms with Crippen LogP contribution in [0.5, 0.6) is 0 Å². The summed E-state index contributed by atoms with van der Waals surface area (Å²) in [5, 5.41) is 21.2. The summed E-state index contributed by atoms with van der Waals surface area (Å²) in [4.78, 5) is 11.9. The predicted molar refractivity (Wildman–Crippen MR) is 139 cm³/mol. The highest BCUT2D eigenvalue weighted by atomic mass is 32.2. The molecule has 0 aliphatic heterocycles. The van der Waals surface area contributed by atoms with Crippen molar-refractivity contribution in [3.63, 3.8) is 0 Å². The second kappa shape index (κ2) is 19.1. The van der Waals surface area contributed by atoms with Crippen LogP contribution < -0.4 is 17.4 Å². The van der Waals surface area contributed by atoms with Gasteiger partial charge in [0.05, 0.1) is 11.2 Å². The molecule has 36 heavy (non-hydrogen) atoms. The van der Waals surface area contributed by atoms with Crippen LogP contribution in [0.2, 0.25) is 0 Å². The number of hydrogen-bond donors (Lipinski definition) is 2. The van der Waals surface area contributed by atoms with Crippen molar-refractivity contribution in [2.75, 3.05) is 0 Å². The summed E-state index contributed by atoms with van der Waals surface area (Å²) in [5.74, 6) is -2.31. The van der Waals surface area contributed by atoms with Crippen LogP contribution in [0.4, 0.5) is 0 Å². The van der Waals surface area contributed by atoms with Crippen molar-refractivity contribution in [1.82, 2.24) is 32.5 Å². The maximum atomic E-state index is 11.9. The molecule has 0 fully saturated rings. The monoisotopic (exact) mass is 550 g/mol. The molecular formula is C22H42N6O6S2. The van der Waals surface area contributed by atoms with E-state index in [1.165, 1.54) is 44.9 Å². The van der Waals surface area contributed by atoms with E-state index < -0.39 is 27.2 Å². The Labute approximate surface area is 217 Å². The average molecular weight is 551 g/mol. The van der Waals surface area contributed by atoms with Crippen molar-refractivity contribution in [3.8, 4) is 0 Å². The molecule has 1 aromatic heterocycles. The number of rotatable bonds is 17. The molecule has 2 rings (SSSR count). The number of tetrazole rings is 1. The molecule has 12 nitrogen and oxygen atoms in total. The minimum Gasteiger partial charge on any atom is -0.747 e. The number of aliphatic carboxylic acids is 1. The third-order valence-corrected chi connectivity index (χ3v) is 7.10. The summed E-state index contributed by atoms with van der Waals surface area (Å²) in [7, 11) is -4.63. The van der Waals surface area contributed by atoms with Crippen LogP contribution in [0.25, 0.3) is 0 Å². The average Bonchev–Trinajstić information content (AvgIpc) is 3.18. The van der Waals surface area contributed by atoms with Crippen LogP contribution in [0.3, 0.4) is 0 Å². The Morgan fingerprint density at radius 2 is 1.56 bits per heavy atom. The summed E-state index contributed by atoms with van der Waals surface area (Å²) in [6.45, 7) is 2.22. The van der Waals surface area contributed by atoms with Gasteiger partial charge in [0.25, 0.3) is 0 Å². The van der Waals surface area contributed by atoms with E-state index >= 15 is 0 Å². The molecule has 0 saturated carbocycles. The maximum absolute atomic E-state index is 11.9.